The average Bonchev–Trinajstić information content (AvgIpc) is 3.18. The van der Waals surface area contributed by atoms with Crippen molar-refractivity contribution in [2.45, 2.75) is 38.1 Å². The normalized spacial score (nSPS) is 21.5. The lowest BCUT2D eigenvalue weighted by Gasteiger charge is -2.17. The fourth-order valence-electron chi connectivity index (χ4n) is 2.33. The fraction of sp³-hybridized carbons (Fsp3) is 0.571. The van der Waals surface area contributed by atoms with E-state index in [1.165, 1.54) is 31.2 Å². The Morgan fingerprint density at radius 3 is 2.65 bits per heavy atom. The van der Waals surface area contributed by atoms with E-state index in [0.29, 0.717) is 10.4 Å². The van der Waals surface area contributed by atoms with Gasteiger partial charge in [0.15, 0.2) is 0 Å². The average molecular weight is 270 g/mol. The first kappa shape index (κ1) is 11.8. The van der Waals surface area contributed by atoms with Crippen LogP contribution in [0.15, 0.2) is 18.2 Å². The molecule has 1 aromatic rings. The van der Waals surface area contributed by atoms with Crippen molar-refractivity contribution in [3.05, 3.63) is 33.8 Å². The second-order valence-corrected chi connectivity index (χ2v) is 6.33. The first-order valence-electron chi connectivity index (χ1n) is 6.35. The quantitative estimate of drug-likeness (QED) is 0.850. The summed E-state index contributed by atoms with van der Waals surface area (Å²) in [7, 11) is 0. The van der Waals surface area contributed by atoms with Crippen LogP contribution < -0.4 is 5.32 Å². The fourth-order valence-corrected chi connectivity index (χ4v) is 2.72. The summed E-state index contributed by atoms with van der Waals surface area (Å²) in [4.78, 5) is 0. The highest BCUT2D eigenvalue weighted by molar-refractivity contribution is 6.42. The van der Waals surface area contributed by atoms with E-state index < -0.39 is 0 Å². The second-order valence-electron chi connectivity index (χ2n) is 5.54. The highest BCUT2D eigenvalue weighted by Gasteiger charge is 2.43. The minimum Gasteiger partial charge on any atom is -0.313 e. The van der Waals surface area contributed by atoms with Gasteiger partial charge in [-0.05, 0) is 49.1 Å². The molecular weight excluding hydrogens is 253 g/mol. The minimum atomic E-state index is 0.455. The van der Waals surface area contributed by atoms with Crippen LogP contribution in [0.2, 0.25) is 10.0 Å². The third-order valence-electron chi connectivity index (χ3n) is 3.90. The molecule has 92 valence electrons. The van der Waals surface area contributed by atoms with Crippen LogP contribution >= 0.6 is 23.2 Å². The Labute approximate surface area is 112 Å². The van der Waals surface area contributed by atoms with Crippen molar-refractivity contribution in [3.63, 3.8) is 0 Å². The van der Waals surface area contributed by atoms with Crippen molar-refractivity contribution in [2.75, 3.05) is 6.54 Å². The van der Waals surface area contributed by atoms with Gasteiger partial charge in [0, 0.05) is 12.6 Å². The van der Waals surface area contributed by atoms with Crippen molar-refractivity contribution >= 4 is 23.2 Å². The summed E-state index contributed by atoms with van der Waals surface area (Å²) in [5.74, 6) is 0. The maximum Gasteiger partial charge on any atom is 0.0624 e. The van der Waals surface area contributed by atoms with Gasteiger partial charge in [-0.1, -0.05) is 35.3 Å². The van der Waals surface area contributed by atoms with Gasteiger partial charge in [0.05, 0.1) is 10.0 Å². The molecule has 2 saturated carbocycles. The van der Waals surface area contributed by atoms with Crippen LogP contribution in [-0.2, 0) is 6.42 Å². The third kappa shape index (κ3) is 2.78. The molecule has 1 N–H and O–H groups in total. The molecule has 2 fully saturated rings. The Balaban J connectivity index is 1.66. The Kier molecular flexibility index (Phi) is 3.10. The van der Waals surface area contributed by atoms with E-state index in [-0.39, 0.29) is 0 Å². The highest BCUT2D eigenvalue weighted by atomic mass is 35.5. The van der Waals surface area contributed by atoms with Crippen LogP contribution in [0.3, 0.4) is 0 Å². The van der Waals surface area contributed by atoms with Crippen LogP contribution in [0.4, 0.5) is 0 Å². The summed E-state index contributed by atoms with van der Waals surface area (Å²) in [6, 6.07) is 6.75. The van der Waals surface area contributed by atoms with Gasteiger partial charge in [0.25, 0.3) is 0 Å². The summed E-state index contributed by atoms with van der Waals surface area (Å²) in [6.45, 7) is 1.14. The lowest BCUT2D eigenvalue weighted by molar-refractivity contribution is 0.453. The lowest BCUT2D eigenvalue weighted by atomic mass is 9.96. The molecule has 0 bridgehead atoms. The van der Waals surface area contributed by atoms with Crippen LogP contribution in [-0.4, -0.2) is 12.6 Å². The summed E-state index contributed by atoms with van der Waals surface area (Å²) in [5, 5.41) is 5.06. The molecule has 0 radical (unpaired) electrons. The molecule has 0 amide bonds. The first-order valence-corrected chi connectivity index (χ1v) is 7.10. The monoisotopic (exact) mass is 269 g/mol. The molecule has 3 heteroatoms. The van der Waals surface area contributed by atoms with Crippen molar-refractivity contribution in [3.8, 4) is 0 Å². The smallest absolute Gasteiger partial charge is 0.0624 e. The Morgan fingerprint density at radius 2 is 2.00 bits per heavy atom. The van der Waals surface area contributed by atoms with E-state index in [0.717, 1.165) is 24.0 Å². The number of rotatable bonds is 5. The predicted octanol–water partition coefficient (Wildman–Crippen LogP) is 4.07. The first-order chi connectivity index (χ1) is 8.19. The molecule has 0 atom stereocenters. The molecular formula is C14H17Cl2N. The van der Waals surface area contributed by atoms with E-state index in [2.05, 4.69) is 11.4 Å². The van der Waals surface area contributed by atoms with Gasteiger partial charge in [-0.2, -0.15) is 0 Å². The zero-order valence-electron chi connectivity index (χ0n) is 9.81. The maximum atomic E-state index is 6.25. The molecule has 0 saturated heterocycles. The number of hydrogen-bond acceptors (Lipinski definition) is 1. The van der Waals surface area contributed by atoms with Gasteiger partial charge in [-0.25, -0.2) is 0 Å². The zero-order chi connectivity index (χ0) is 11.9. The molecule has 0 aliphatic heterocycles. The zero-order valence-corrected chi connectivity index (χ0v) is 11.3. The van der Waals surface area contributed by atoms with Crippen molar-refractivity contribution in [1.29, 1.82) is 0 Å². The third-order valence-corrected chi connectivity index (χ3v) is 4.76. The summed E-state index contributed by atoms with van der Waals surface area (Å²) < 4.78 is 0. The molecule has 0 spiro atoms. The van der Waals surface area contributed by atoms with Gasteiger partial charge >= 0.3 is 0 Å². The summed E-state index contributed by atoms with van der Waals surface area (Å²) in [6.07, 6.45) is 6.40. The van der Waals surface area contributed by atoms with Crippen molar-refractivity contribution in [2.24, 2.45) is 5.41 Å². The van der Waals surface area contributed by atoms with Gasteiger partial charge < -0.3 is 5.32 Å². The van der Waals surface area contributed by atoms with Gasteiger partial charge in [0.1, 0.15) is 0 Å². The highest BCUT2D eigenvalue weighted by Crippen LogP contribution is 2.49. The summed E-state index contributed by atoms with van der Waals surface area (Å²) >= 11 is 12.3. The molecule has 1 aromatic carbocycles. The van der Waals surface area contributed by atoms with Gasteiger partial charge in [-0.3, -0.25) is 0 Å². The molecule has 2 aliphatic rings. The van der Waals surface area contributed by atoms with Crippen LogP contribution in [0.1, 0.15) is 31.2 Å². The van der Waals surface area contributed by atoms with Crippen molar-refractivity contribution < 1.29 is 0 Å². The largest absolute Gasteiger partial charge is 0.313 e. The predicted molar refractivity (Wildman–Crippen MR) is 72.9 cm³/mol. The SMILES string of the molecule is Clc1cccc(CC2(CNC3CC3)CC2)c1Cl. The van der Waals surface area contributed by atoms with Crippen LogP contribution in [0.5, 0.6) is 0 Å². The number of nitrogens with one attached hydrogen (secondary N) is 1. The van der Waals surface area contributed by atoms with E-state index in [1.54, 1.807) is 0 Å². The van der Waals surface area contributed by atoms with Crippen LogP contribution in [0.25, 0.3) is 0 Å². The molecule has 1 nitrogen and oxygen atoms in total. The number of hydrogen-bond donors (Lipinski definition) is 1. The summed E-state index contributed by atoms with van der Waals surface area (Å²) in [5.41, 5.74) is 1.66. The molecule has 3 rings (SSSR count). The second kappa shape index (κ2) is 4.46. The Hall–Kier alpha value is -0.240. The molecule has 0 unspecified atom stereocenters. The van der Waals surface area contributed by atoms with E-state index in [9.17, 15) is 0 Å². The molecule has 0 aromatic heterocycles. The topological polar surface area (TPSA) is 12.0 Å². The van der Waals surface area contributed by atoms with Gasteiger partial charge in [-0.15, -0.1) is 0 Å². The molecule has 17 heavy (non-hydrogen) atoms. The number of benzene rings is 1. The standard InChI is InChI=1S/C14H17Cl2N/c15-12-3-1-2-10(13(12)16)8-14(6-7-14)9-17-11-4-5-11/h1-3,11,17H,4-9H2. The Bertz CT molecular complexity index is 422. The molecule has 2 aliphatic carbocycles. The lowest BCUT2D eigenvalue weighted by Crippen LogP contribution is -2.27. The number of halogens is 2. The van der Waals surface area contributed by atoms with Crippen LogP contribution in [0, 0.1) is 5.41 Å². The Morgan fingerprint density at radius 1 is 1.24 bits per heavy atom. The van der Waals surface area contributed by atoms with E-state index in [1.807, 2.05) is 12.1 Å². The molecule has 0 heterocycles. The van der Waals surface area contributed by atoms with Gasteiger partial charge in [0.2, 0.25) is 0 Å². The minimum absolute atomic E-state index is 0.455. The van der Waals surface area contributed by atoms with E-state index in [4.69, 9.17) is 23.2 Å². The maximum absolute atomic E-state index is 6.25. The van der Waals surface area contributed by atoms with E-state index >= 15 is 0 Å². The van der Waals surface area contributed by atoms with Crippen molar-refractivity contribution in [1.82, 2.24) is 5.32 Å².